The van der Waals surface area contributed by atoms with Gasteiger partial charge in [-0.1, -0.05) is 15.9 Å². The number of aromatic carboxylic acids is 2. The first kappa shape index (κ1) is 84.9. The van der Waals surface area contributed by atoms with E-state index in [9.17, 15) is 80.6 Å². The number of halogens is 5. The van der Waals surface area contributed by atoms with Crippen LogP contribution in [0.4, 0.5) is 13.2 Å². The lowest BCUT2D eigenvalue weighted by Crippen LogP contribution is -2.31. The van der Waals surface area contributed by atoms with Crippen molar-refractivity contribution in [3.63, 3.8) is 0 Å². The number of esters is 5. The van der Waals surface area contributed by atoms with Crippen LogP contribution in [-0.4, -0.2) is 167 Å². The number of alkyl halides is 1. The van der Waals surface area contributed by atoms with Gasteiger partial charge in [0.2, 0.25) is 0 Å². The number of carboxylic acid groups (broad SMARTS) is 2. The number of carbonyl (C=O) groups excluding carboxylic acids is 11. The van der Waals surface area contributed by atoms with Gasteiger partial charge in [0, 0.05) is 55.3 Å². The first-order valence-corrected chi connectivity index (χ1v) is 34.1. The lowest BCUT2D eigenvalue weighted by molar-refractivity contribution is -0.155. The number of hydrogen-bond donors (Lipinski definition) is 5. The van der Waals surface area contributed by atoms with Crippen molar-refractivity contribution in [2.45, 2.75) is 142 Å². The molecule has 6 N–H and O–H groups in total. The zero-order chi connectivity index (χ0) is 78.2. The predicted octanol–water partition coefficient (Wildman–Crippen LogP) is 12.1. The van der Waals surface area contributed by atoms with E-state index in [1.807, 2.05) is 0 Å². The molecule has 3 saturated carbocycles. The smallest absolute Gasteiger partial charge is 0.347 e. The van der Waals surface area contributed by atoms with Crippen molar-refractivity contribution >= 4 is 106 Å². The van der Waals surface area contributed by atoms with Crippen LogP contribution in [0.1, 0.15) is 216 Å². The molecule has 6 amide bonds. The molecule has 5 aromatic rings. The maximum Gasteiger partial charge on any atom is 0.347 e. The summed E-state index contributed by atoms with van der Waals surface area (Å²) >= 11 is 3.13. The Morgan fingerprint density at radius 1 is 0.486 bits per heavy atom. The van der Waals surface area contributed by atoms with Crippen LogP contribution in [-0.2, 0) is 28.6 Å². The average molecular weight is 1570 g/mol. The Kier molecular flexibility index (Phi) is 29.6. The van der Waals surface area contributed by atoms with Crippen LogP contribution < -0.4 is 19.9 Å². The van der Waals surface area contributed by atoms with Crippen molar-refractivity contribution in [3.8, 4) is 28.7 Å². The van der Waals surface area contributed by atoms with E-state index in [1.54, 1.807) is 65.8 Å². The molecule has 5 aromatic carbocycles. The Morgan fingerprint density at radius 3 is 1.23 bits per heavy atom. The Labute approximate surface area is 625 Å². The number of rotatable bonds is 20. The second kappa shape index (κ2) is 37.3. The Hall–Kier alpha value is -11.1. The van der Waals surface area contributed by atoms with E-state index in [0.717, 1.165) is 56.7 Å². The van der Waals surface area contributed by atoms with Crippen LogP contribution in [0, 0.1) is 0 Å². The number of benzene rings is 5. The van der Waals surface area contributed by atoms with Gasteiger partial charge in [0.1, 0.15) is 53.2 Å². The molecule has 27 nitrogen and oxygen atoms in total. The van der Waals surface area contributed by atoms with Crippen LogP contribution in [0.15, 0.2) is 127 Å². The van der Waals surface area contributed by atoms with E-state index < -0.39 is 52.6 Å². The largest absolute Gasteiger partial charge is 0.508 e. The number of carboxylic acids is 2. The molecule has 12 rings (SSSR count). The third-order valence-corrected chi connectivity index (χ3v) is 16.4. The topological polar surface area (TPSA) is 394 Å². The number of allylic oxidation sites excluding steroid dienone is 1. The van der Waals surface area contributed by atoms with Crippen molar-refractivity contribution in [2.75, 3.05) is 25.1 Å². The third kappa shape index (κ3) is 23.5. The number of fused-ring (bicyclic) bond motifs is 4. The number of aromatic hydroxyl groups is 2. The summed E-state index contributed by atoms with van der Waals surface area (Å²) in [5, 5.41) is 35.7. The maximum atomic E-state index is 13.1. The van der Waals surface area contributed by atoms with E-state index in [2.05, 4.69) is 20.7 Å². The van der Waals surface area contributed by atoms with Gasteiger partial charge >= 0.3 is 41.8 Å². The van der Waals surface area contributed by atoms with Gasteiger partial charge in [-0.2, -0.15) is 0 Å². The summed E-state index contributed by atoms with van der Waals surface area (Å²) < 4.78 is 68.0. The fourth-order valence-electron chi connectivity index (χ4n) is 10.2. The molecule has 3 fully saturated rings. The van der Waals surface area contributed by atoms with Crippen LogP contribution in [0.5, 0.6) is 28.7 Å². The van der Waals surface area contributed by atoms with Gasteiger partial charge in [-0.15, -0.1) is 12.4 Å². The third-order valence-electron chi connectivity index (χ3n) is 15.6. The highest BCUT2D eigenvalue weighted by atomic mass is 79.9. The van der Waals surface area contributed by atoms with E-state index in [4.69, 9.17) is 44.7 Å². The zero-order valence-electron chi connectivity index (χ0n) is 58.9. The molecule has 4 heterocycles. The summed E-state index contributed by atoms with van der Waals surface area (Å²) in [6, 6.07) is 21.0. The van der Waals surface area contributed by atoms with E-state index in [0.29, 0.717) is 92.3 Å². The number of carbonyl (C=O) groups is 13. The van der Waals surface area contributed by atoms with Crippen molar-refractivity contribution < 1.29 is 124 Å². The van der Waals surface area contributed by atoms with Gasteiger partial charge < -0.3 is 54.6 Å². The van der Waals surface area contributed by atoms with Crippen molar-refractivity contribution in [1.82, 2.24) is 14.7 Å². The standard InChI is InChI=1S/C21H24FNO5.C15H15FN2O3.C11H9NO3.C10H16BrFO2.C10H6O5.C8H6O5.ClH/c1-21(2,3)28-18(24)9-4-13(11-22)12-27-15-7-8-16-17(10-15)20(26)23(19(16)25)14-5-6-14;16-6-9(7-17)8-21-11-3-4-12-13(5-11)15(20)18(14(12)19)10-1-2-10;13-7-3-4-8-9(5-7)11(15)12(10(8)14)6-1-2-6;1-10(2,3)14-9(13)5-4-8(6-11)7-12;1-5(11)14-6-2-3-7-8(4-6)10(13)15-9(7)12;9-4-1-2-5(7(10)11)6(3-4)8(12)13;/h7-8,10-11,14H,4-6,9,12H2,1-3H3;3-6,10H,1-2,7-8,17H2;3-6,13H,1-2H2;7H,4-6H2,1-3H3;2-4H,1H3;1-3,9H,(H,10,11)(H,12,13);1H/b13-11+;9-6+;;8-7+;;;. The summed E-state index contributed by atoms with van der Waals surface area (Å²) in [4.78, 5) is 154. The van der Waals surface area contributed by atoms with E-state index in [-0.39, 0.29) is 145 Å². The maximum absolute atomic E-state index is 13.1. The number of ether oxygens (including phenoxy) is 6. The monoisotopic (exact) mass is 1570 g/mol. The van der Waals surface area contributed by atoms with Crippen molar-refractivity contribution in [3.05, 3.63) is 182 Å². The van der Waals surface area contributed by atoms with Gasteiger partial charge in [0.15, 0.2) is 0 Å². The molecule has 32 heteroatoms. The first-order valence-electron chi connectivity index (χ1n) is 32.9. The number of phenols is 2. The second-order valence-electron chi connectivity index (χ2n) is 26.5. The van der Waals surface area contributed by atoms with Crippen molar-refractivity contribution in [1.29, 1.82) is 0 Å². The molecule has 0 unspecified atom stereocenters. The molecular weight excluding hydrogens is 1500 g/mol. The quantitative estimate of drug-likeness (QED) is 0.0121. The number of cyclic esters (lactones) is 2. The normalized spacial score (nSPS) is 15.5. The van der Waals surface area contributed by atoms with Gasteiger partial charge in [0.05, 0.1) is 74.6 Å². The van der Waals surface area contributed by atoms with Gasteiger partial charge in [-0.3, -0.25) is 57.9 Å². The number of nitrogens with zero attached hydrogens (tertiary/aromatic N) is 3. The van der Waals surface area contributed by atoms with Crippen LogP contribution >= 0.6 is 28.3 Å². The molecule has 0 radical (unpaired) electrons. The molecule has 7 aliphatic rings. The Bertz CT molecular complexity index is 4420. The van der Waals surface area contributed by atoms with Crippen molar-refractivity contribution in [2.24, 2.45) is 5.73 Å². The second-order valence-corrected chi connectivity index (χ2v) is 27.0. The summed E-state index contributed by atoms with van der Waals surface area (Å²) in [7, 11) is 0. The molecular formula is C75H77BrClF3N4O23. The Balaban J connectivity index is 0.000000205. The van der Waals surface area contributed by atoms with Gasteiger partial charge in [-0.25, -0.2) is 32.3 Å². The summed E-state index contributed by atoms with van der Waals surface area (Å²) in [5.74, 6) is -6.14. The minimum atomic E-state index is -1.38. The number of nitrogens with two attached hydrogens (primary N) is 1. The summed E-state index contributed by atoms with van der Waals surface area (Å²) in [6.07, 6.45) is 7.43. The summed E-state index contributed by atoms with van der Waals surface area (Å²) in [6.45, 7) is 12.0. The van der Waals surface area contributed by atoms with E-state index in [1.165, 1.54) is 70.2 Å². The van der Waals surface area contributed by atoms with Crippen LogP contribution in [0.2, 0.25) is 0 Å². The molecule has 107 heavy (non-hydrogen) atoms. The predicted molar refractivity (Wildman–Crippen MR) is 380 cm³/mol. The van der Waals surface area contributed by atoms with Crippen LogP contribution in [0.25, 0.3) is 0 Å². The molecule has 0 bridgehead atoms. The number of imide groups is 3. The highest BCUT2D eigenvalue weighted by Crippen LogP contribution is 2.39. The van der Waals surface area contributed by atoms with Gasteiger partial charge in [0.25, 0.3) is 35.4 Å². The summed E-state index contributed by atoms with van der Waals surface area (Å²) in [5.41, 5.74) is 7.19. The molecule has 0 saturated heterocycles. The number of hydrogen-bond acceptors (Lipinski definition) is 22. The molecule has 0 aromatic heterocycles. The molecule has 4 aliphatic heterocycles. The minimum Gasteiger partial charge on any atom is -0.508 e. The lowest BCUT2D eigenvalue weighted by Gasteiger charge is -2.19. The molecule has 3 aliphatic carbocycles. The zero-order valence-corrected chi connectivity index (χ0v) is 61.3. The molecule has 570 valence electrons. The average Bonchev–Trinajstić information content (AvgIpc) is 1.62. The molecule has 0 atom stereocenters. The van der Waals surface area contributed by atoms with Crippen LogP contribution in [0.3, 0.4) is 0 Å². The Morgan fingerprint density at radius 2 is 0.841 bits per heavy atom. The fraction of sp³-hybridized carbons (Fsp3) is 0.347. The van der Waals surface area contributed by atoms with Gasteiger partial charge in [-0.05, 0) is 195 Å². The number of phenolic OH excluding ortho intramolecular Hbond substituents is 2. The highest BCUT2D eigenvalue weighted by Gasteiger charge is 2.47. The molecule has 0 spiro atoms. The lowest BCUT2D eigenvalue weighted by atomic mass is 10.1. The van der Waals surface area contributed by atoms with E-state index >= 15 is 0 Å². The minimum absolute atomic E-state index is 0. The SMILES string of the molecule is CC(=O)Oc1ccc2c(c1)C(=O)OC2=O.CC(C)(C)OC(=O)CC/C(=C\F)CBr.CC(C)(C)OC(=O)CC/C(=C\F)COc1ccc2c(c1)C(=O)N(C1CC1)C2=O.Cl.NC/C(=C\F)COc1ccc2c(c1)C(=O)N(C1CC1)C2=O.O=C(O)c1ccc(O)cc1C(=O)O.O=C1c2ccc(O)cc2C(=O)N1C1CC1. The first-order chi connectivity index (χ1) is 50.0. The number of amides is 6. The fourth-order valence-corrected chi connectivity index (χ4v) is 10.6. The highest BCUT2D eigenvalue weighted by molar-refractivity contribution is 9.09.